The standard InChI is InChI=1S/C29H44N2O9/c1-8-36-25(33)19-37-21-11-9-20(10-12-21)23(32)17-30-26(34)24(18-38-28(2,3)4)39-22-13-15-31(16-14-22)27(35)40-29(5,6)7/h9-12,22,24H,8,13-19H2,1-7H3,(H,30,34)/t24-/m0/s1. The number of hydrogen-bond acceptors (Lipinski definition) is 9. The van der Waals surface area contributed by atoms with Crippen LogP contribution >= 0.6 is 0 Å². The normalized spacial score (nSPS) is 15.2. The molecule has 0 saturated carbocycles. The van der Waals surface area contributed by atoms with Gasteiger partial charge < -0.3 is 33.9 Å². The maximum absolute atomic E-state index is 13.0. The van der Waals surface area contributed by atoms with Gasteiger partial charge >= 0.3 is 12.1 Å². The molecule has 0 spiro atoms. The van der Waals surface area contributed by atoms with Crippen LogP contribution < -0.4 is 10.1 Å². The molecule has 2 rings (SSSR count). The lowest BCUT2D eigenvalue weighted by molar-refractivity contribution is -0.150. The van der Waals surface area contributed by atoms with Crippen LogP contribution in [0, 0.1) is 0 Å². The molecule has 224 valence electrons. The largest absolute Gasteiger partial charge is 0.482 e. The first-order chi connectivity index (χ1) is 18.7. The number of hydrogen-bond donors (Lipinski definition) is 1. The van der Waals surface area contributed by atoms with Gasteiger partial charge in [0.05, 0.1) is 31.5 Å². The van der Waals surface area contributed by atoms with E-state index in [1.165, 1.54) is 0 Å². The zero-order valence-corrected chi connectivity index (χ0v) is 24.7. The first-order valence-corrected chi connectivity index (χ1v) is 13.6. The number of likely N-dealkylation sites (tertiary alicyclic amines) is 1. The van der Waals surface area contributed by atoms with Crippen LogP contribution in [0.2, 0.25) is 0 Å². The summed E-state index contributed by atoms with van der Waals surface area (Å²) in [4.78, 5) is 51.1. The summed E-state index contributed by atoms with van der Waals surface area (Å²) in [5.74, 6) is -0.821. The summed E-state index contributed by atoms with van der Waals surface area (Å²) < 4.78 is 27.5. The third-order valence-corrected chi connectivity index (χ3v) is 5.67. The highest BCUT2D eigenvalue weighted by atomic mass is 16.6. The number of amides is 2. The molecule has 1 heterocycles. The second kappa shape index (κ2) is 15.0. The lowest BCUT2D eigenvalue weighted by Crippen LogP contribution is -2.48. The SMILES string of the molecule is CCOC(=O)COc1ccc(C(=O)CNC(=O)[C@H](COC(C)(C)C)OC2CCN(C(=O)OC(C)(C)C)CC2)cc1. The van der Waals surface area contributed by atoms with Crippen molar-refractivity contribution >= 4 is 23.8 Å². The molecule has 40 heavy (non-hydrogen) atoms. The van der Waals surface area contributed by atoms with E-state index in [0.717, 1.165) is 0 Å². The first kappa shape index (κ1) is 33.0. The Balaban J connectivity index is 1.90. The number of esters is 1. The second-order valence-electron chi connectivity index (χ2n) is 11.5. The van der Waals surface area contributed by atoms with Crippen LogP contribution in [0.5, 0.6) is 5.75 Å². The van der Waals surface area contributed by atoms with Crippen molar-refractivity contribution in [1.29, 1.82) is 0 Å². The number of nitrogens with one attached hydrogen (secondary N) is 1. The van der Waals surface area contributed by atoms with Crippen LogP contribution in [0.1, 0.15) is 71.7 Å². The molecule has 1 fully saturated rings. The van der Waals surface area contributed by atoms with E-state index in [1.807, 2.05) is 41.5 Å². The van der Waals surface area contributed by atoms with Crippen LogP contribution in [-0.4, -0.2) is 91.5 Å². The molecule has 0 radical (unpaired) electrons. The highest BCUT2D eigenvalue weighted by Crippen LogP contribution is 2.20. The predicted molar refractivity (Wildman–Crippen MR) is 147 cm³/mol. The van der Waals surface area contributed by atoms with Gasteiger partial charge in [-0.05, 0) is 85.6 Å². The summed E-state index contributed by atoms with van der Waals surface area (Å²) in [6.07, 6.45) is -0.461. The van der Waals surface area contributed by atoms with E-state index in [2.05, 4.69) is 5.32 Å². The maximum Gasteiger partial charge on any atom is 0.410 e. The average molecular weight is 565 g/mol. The molecule has 0 aliphatic carbocycles. The molecule has 0 aromatic heterocycles. The zero-order valence-electron chi connectivity index (χ0n) is 24.7. The maximum atomic E-state index is 13.0. The topological polar surface area (TPSA) is 130 Å². The number of carbonyl (C=O) groups excluding carboxylic acids is 4. The number of ketones is 1. The molecule has 11 nitrogen and oxygen atoms in total. The van der Waals surface area contributed by atoms with Crippen molar-refractivity contribution < 1.29 is 42.9 Å². The van der Waals surface area contributed by atoms with E-state index in [1.54, 1.807) is 36.1 Å². The highest BCUT2D eigenvalue weighted by Gasteiger charge is 2.31. The summed E-state index contributed by atoms with van der Waals surface area (Å²) in [6.45, 7) is 13.5. The van der Waals surface area contributed by atoms with Gasteiger partial charge in [-0.15, -0.1) is 0 Å². The molecule has 1 atom stereocenters. The molecule has 2 amide bonds. The molecular formula is C29H44N2O9. The van der Waals surface area contributed by atoms with Crippen LogP contribution in [-0.2, 0) is 28.5 Å². The van der Waals surface area contributed by atoms with E-state index < -0.39 is 29.2 Å². The summed E-state index contributed by atoms with van der Waals surface area (Å²) in [7, 11) is 0. The highest BCUT2D eigenvalue weighted by molar-refractivity contribution is 5.99. The monoisotopic (exact) mass is 564 g/mol. The molecule has 1 aliphatic rings. The number of benzene rings is 1. The van der Waals surface area contributed by atoms with Gasteiger partial charge in [-0.2, -0.15) is 0 Å². The van der Waals surface area contributed by atoms with E-state index in [4.69, 9.17) is 23.7 Å². The van der Waals surface area contributed by atoms with Gasteiger partial charge in [0.1, 0.15) is 11.4 Å². The van der Waals surface area contributed by atoms with Gasteiger partial charge in [-0.3, -0.25) is 9.59 Å². The smallest absolute Gasteiger partial charge is 0.410 e. The Morgan fingerprint density at radius 3 is 2.15 bits per heavy atom. The minimum absolute atomic E-state index is 0.0162. The van der Waals surface area contributed by atoms with Crippen LogP contribution in [0.15, 0.2) is 24.3 Å². The van der Waals surface area contributed by atoms with Crippen molar-refractivity contribution in [3.05, 3.63) is 29.8 Å². The summed E-state index contributed by atoms with van der Waals surface area (Å²) >= 11 is 0. The van der Waals surface area contributed by atoms with Crippen molar-refractivity contribution in [3.8, 4) is 5.75 Å². The molecule has 0 bridgehead atoms. The number of Topliss-reactive ketones (excluding diaryl/α,β-unsaturated/α-hetero) is 1. The minimum Gasteiger partial charge on any atom is -0.482 e. The molecular weight excluding hydrogens is 520 g/mol. The number of carbonyl (C=O) groups is 4. The van der Waals surface area contributed by atoms with Gasteiger partial charge in [0, 0.05) is 18.7 Å². The Labute approximate surface area is 236 Å². The van der Waals surface area contributed by atoms with E-state index in [-0.39, 0.29) is 44.3 Å². The van der Waals surface area contributed by atoms with Gasteiger partial charge in [0.2, 0.25) is 0 Å². The van der Waals surface area contributed by atoms with E-state index in [9.17, 15) is 19.2 Å². The Morgan fingerprint density at radius 1 is 0.975 bits per heavy atom. The molecule has 1 aromatic carbocycles. The van der Waals surface area contributed by atoms with Gasteiger partial charge in [0.15, 0.2) is 18.5 Å². The van der Waals surface area contributed by atoms with E-state index in [0.29, 0.717) is 37.2 Å². The number of rotatable bonds is 12. The second-order valence-corrected chi connectivity index (χ2v) is 11.5. The van der Waals surface area contributed by atoms with Crippen molar-refractivity contribution in [2.75, 3.05) is 39.5 Å². The van der Waals surface area contributed by atoms with E-state index >= 15 is 0 Å². The third kappa shape index (κ3) is 12.3. The average Bonchev–Trinajstić information content (AvgIpc) is 2.87. The molecule has 1 aromatic rings. The van der Waals surface area contributed by atoms with Crippen LogP contribution in [0.4, 0.5) is 4.79 Å². The fourth-order valence-corrected chi connectivity index (χ4v) is 3.70. The van der Waals surface area contributed by atoms with Gasteiger partial charge in [-0.1, -0.05) is 0 Å². The van der Waals surface area contributed by atoms with Crippen LogP contribution in [0.25, 0.3) is 0 Å². The van der Waals surface area contributed by atoms with Crippen molar-refractivity contribution in [2.45, 2.75) is 84.7 Å². The fourth-order valence-electron chi connectivity index (χ4n) is 3.70. The fraction of sp³-hybridized carbons (Fsp3) is 0.655. The molecule has 1 saturated heterocycles. The summed E-state index contributed by atoms with van der Waals surface area (Å²) in [6, 6.07) is 6.26. The Morgan fingerprint density at radius 2 is 1.60 bits per heavy atom. The van der Waals surface area contributed by atoms with Gasteiger partial charge in [-0.25, -0.2) is 9.59 Å². The lowest BCUT2D eigenvalue weighted by atomic mass is 10.1. The van der Waals surface area contributed by atoms with Crippen LogP contribution in [0.3, 0.4) is 0 Å². The first-order valence-electron chi connectivity index (χ1n) is 13.6. The Bertz CT molecular complexity index is 988. The number of nitrogens with zero attached hydrogens (tertiary/aromatic N) is 1. The summed E-state index contributed by atoms with van der Waals surface area (Å²) in [5, 5.41) is 2.66. The lowest BCUT2D eigenvalue weighted by Gasteiger charge is -2.35. The molecule has 0 unspecified atom stereocenters. The van der Waals surface area contributed by atoms with Gasteiger partial charge in [0.25, 0.3) is 5.91 Å². The van der Waals surface area contributed by atoms with Crippen molar-refractivity contribution in [1.82, 2.24) is 10.2 Å². The predicted octanol–water partition coefficient (Wildman–Crippen LogP) is 3.53. The minimum atomic E-state index is -0.927. The molecule has 11 heteroatoms. The number of ether oxygens (including phenoxy) is 5. The molecule has 1 N–H and O–H groups in total. The Kier molecular flexibility index (Phi) is 12.4. The Hall–Kier alpha value is -3.18. The van der Waals surface area contributed by atoms with Crippen molar-refractivity contribution in [2.24, 2.45) is 0 Å². The quantitative estimate of drug-likeness (QED) is 0.299. The number of piperidine rings is 1. The van der Waals surface area contributed by atoms with Crippen molar-refractivity contribution in [3.63, 3.8) is 0 Å². The summed E-state index contributed by atoms with van der Waals surface area (Å²) in [5.41, 5.74) is -0.689. The third-order valence-electron chi connectivity index (χ3n) is 5.67. The molecule has 1 aliphatic heterocycles. The zero-order chi connectivity index (χ0) is 29.9.